The summed E-state index contributed by atoms with van der Waals surface area (Å²) >= 11 is 0. The molecule has 1 aliphatic heterocycles. The number of nitrogens with one attached hydrogen (secondary N) is 1. The Bertz CT molecular complexity index is 1140. The number of hydrogen-bond acceptors (Lipinski definition) is 7. The molecular weight excluding hydrogens is 436 g/mol. The van der Waals surface area contributed by atoms with Crippen LogP contribution >= 0.6 is 0 Å². The van der Waals surface area contributed by atoms with Crippen LogP contribution in [-0.4, -0.2) is 55.8 Å². The van der Waals surface area contributed by atoms with Crippen molar-refractivity contribution in [3.63, 3.8) is 0 Å². The van der Waals surface area contributed by atoms with Gasteiger partial charge in [0, 0.05) is 24.2 Å². The van der Waals surface area contributed by atoms with E-state index in [-0.39, 0.29) is 24.9 Å². The van der Waals surface area contributed by atoms with Gasteiger partial charge in [0.05, 0.1) is 17.4 Å². The van der Waals surface area contributed by atoms with E-state index in [4.69, 9.17) is 4.74 Å². The third-order valence-corrected chi connectivity index (χ3v) is 5.40. The molecule has 0 fully saturated rings. The fraction of sp³-hybridized carbons (Fsp3) is 0.273. The minimum absolute atomic E-state index is 0.0672. The van der Waals surface area contributed by atoms with Crippen LogP contribution in [0, 0.1) is 0 Å². The lowest BCUT2D eigenvalue weighted by molar-refractivity contribution is -0.146. The molecule has 1 atom stereocenters. The number of Topliss-reactive ketones (excluding diaryl/α,β-unsaturated/α-hetero) is 1. The van der Waals surface area contributed by atoms with Gasteiger partial charge < -0.3 is 4.74 Å². The smallest absolute Gasteiger partial charge is 0.306 e. The van der Waals surface area contributed by atoms with Crippen LogP contribution in [0.1, 0.15) is 50.8 Å². The number of amides is 2. The standard InChI is InChI=1S/C22H22N2O7S/c1-14(20(26)15-9-11-16(12-10-15)23-32(2,29)30)31-19(25)8-5-13-24-21(27)17-6-3-4-7-18(17)22(24)28/h3-4,6-7,9-12,14,23H,5,8,13H2,1-2H3/t14-/m0/s1. The van der Waals surface area contributed by atoms with Gasteiger partial charge in [0.2, 0.25) is 15.8 Å². The average Bonchev–Trinajstić information content (AvgIpc) is 2.97. The number of anilines is 1. The van der Waals surface area contributed by atoms with Crippen LogP contribution in [-0.2, 0) is 19.6 Å². The van der Waals surface area contributed by atoms with E-state index in [1.165, 1.54) is 31.2 Å². The topological polar surface area (TPSA) is 127 Å². The highest BCUT2D eigenvalue weighted by atomic mass is 32.2. The molecule has 9 nitrogen and oxygen atoms in total. The minimum Gasteiger partial charge on any atom is -0.454 e. The number of sulfonamides is 1. The Hall–Kier alpha value is -3.53. The van der Waals surface area contributed by atoms with Gasteiger partial charge in [-0.05, 0) is 49.7 Å². The molecule has 0 aliphatic carbocycles. The molecule has 2 aromatic rings. The van der Waals surface area contributed by atoms with Crippen molar-refractivity contribution in [2.24, 2.45) is 0 Å². The molecule has 1 aliphatic rings. The van der Waals surface area contributed by atoms with Gasteiger partial charge >= 0.3 is 5.97 Å². The van der Waals surface area contributed by atoms with Crippen molar-refractivity contribution in [2.75, 3.05) is 17.5 Å². The third-order valence-electron chi connectivity index (χ3n) is 4.79. The van der Waals surface area contributed by atoms with Crippen molar-refractivity contribution in [2.45, 2.75) is 25.9 Å². The normalized spacial score (nSPS) is 14.1. The van der Waals surface area contributed by atoms with Crippen LogP contribution in [0.5, 0.6) is 0 Å². The molecule has 0 bridgehead atoms. The van der Waals surface area contributed by atoms with E-state index in [2.05, 4.69) is 4.72 Å². The zero-order chi connectivity index (χ0) is 23.5. The van der Waals surface area contributed by atoms with Crippen LogP contribution in [0.25, 0.3) is 0 Å². The van der Waals surface area contributed by atoms with Crippen LogP contribution in [0.2, 0.25) is 0 Å². The summed E-state index contributed by atoms with van der Waals surface area (Å²) in [7, 11) is -3.43. The van der Waals surface area contributed by atoms with Crippen molar-refractivity contribution < 1.29 is 32.3 Å². The molecule has 3 rings (SSSR count). The summed E-state index contributed by atoms with van der Waals surface area (Å²) in [6.07, 6.45) is 0.108. The van der Waals surface area contributed by atoms with Gasteiger partial charge in [-0.2, -0.15) is 0 Å². The molecule has 1 N–H and O–H groups in total. The van der Waals surface area contributed by atoms with Gasteiger partial charge in [0.25, 0.3) is 11.8 Å². The second-order valence-electron chi connectivity index (χ2n) is 7.36. The maximum atomic E-state index is 12.5. The van der Waals surface area contributed by atoms with Gasteiger partial charge in [0.15, 0.2) is 6.10 Å². The zero-order valence-electron chi connectivity index (χ0n) is 17.5. The molecule has 0 radical (unpaired) electrons. The van der Waals surface area contributed by atoms with E-state index < -0.39 is 39.7 Å². The molecule has 32 heavy (non-hydrogen) atoms. The number of ketones is 1. The molecule has 2 amide bonds. The zero-order valence-corrected chi connectivity index (χ0v) is 18.3. The molecule has 0 saturated heterocycles. The number of rotatable bonds is 9. The lowest BCUT2D eigenvalue weighted by atomic mass is 10.1. The van der Waals surface area contributed by atoms with E-state index in [0.717, 1.165) is 11.2 Å². The van der Waals surface area contributed by atoms with Crippen LogP contribution in [0.4, 0.5) is 5.69 Å². The molecule has 0 saturated carbocycles. The summed E-state index contributed by atoms with van der Waals surface area (Å²) in [6, 6.07) is 12.3. The van der Waals surface area contributed by atoms with Gasteiger partial charge in [0.1, 0.15) is 0 Å². The van der Waals surface area contributed by atoms with Crippen molar-refractivity contribution in [3.8, 4) is 0 Å². The van der Waals surface area contributed by atoms with Gasteiger partial charge in [-0.25, -0.2) is 8.42 Å². The summed E-state index contributed by atoms with van der Waals surface area (Å²) < 4.78 is 29.9. The maximum absolute atomic E-state index is 12.5. The molecule has 1 heterocycles. The second kappa shape index (κ2) is 9.31. The summed E-state index contributed by atoms with van der Waals surface area (Å²) in [5.74, 6) is -1.85. The Morgan fingerprint density at radius 1 is 1.00 bits per heavy atom. The van der Waals surface area contributed by atoms with Crippen LogP contribution in [0.3, 0.4) is 0 Å². The van der Waals surface area contributed by atoms with Crippen molar-refractivity contribution >= 4 is 39.3 Å². The van der Waals surface area contributed by atoms with Crippen molar-refractivity contribution in [1.82, 2.24) is 4.90 Å². The summed E-state index contributed by atoms with van der Waals surface area (Å²) in [5.41, 5.74) is 1.26. The number of imide groups is 1. The largest absolute Gasteiger partial charge is 0.454 e. The Labute approximate surface area is 185 Å². The minimum atomic E-state index is -3.43. The van der Waals surface area contributed by atoms with Crippen LogP contribution < -0.4 is 4.72 Å². The summed E-state index contributed by atoms with van der Waals surface area (Å²) in [4.78, 5) is 50.3. The van der Waals surface area contributed by atoms with Gasteiger partial charge in [-0.15, -0.1) is 0 Å². The number of hydrogen-bond donors (Lipinski definition) is 1. The SMILES string of the molecule is C[C@H](OC(=O)CCCN1C(=O)c2ccccc2C1=O)C(=O)c1ccc(NS(C)(=O)=O)cc1. The van der Waals surface area contributed by atoms with E-state index in [0.29, 0.717) is 16.8 Å². The monoisotopic (exact) mass is 458 g/mol. The Morgan fingerprint density at radius 2 is 1.56 bits per heavy atom. The Kier molecular flexibility index (Phi) is 6.73. The second-order valence-corrected chi connectivity index (χ2v) is 9.11. The van der Waals surface area contributed by atoms with E-state index in [1.807, 2.05) is 0 Å². The maximum Gasteiger partial charge on any atom is 0.306 e. The van der Waals surface area contributed by atoms with E-state index in [1.54, 1.807) is 24.3 Å². The lowest BCUT2D eigenvalue weighted by Crippen LogP contribution is -2.31. The molecular formula is C22H22N2O7S. The average molecular weight is 458 g/mol. The van der Waals surface area contributed by atoms with Crippen molar-refractivity contribution in [3.05, 3.63) is 65.2 Å². The predicted octanol–water partition coefficient (Wildman–Crippen LogP) is 2.25. The molecule has 2 aromatic carbocycles. The van der Waals surface area contributed by atoms with Gasteiger partial charge in [-0.3, -0.25) is 28.8 Å². The Morgan fingerprint density at radius 3 is 2.09 bits per heavy atom. The highest BCUT2D eigenvalue weighted by Gasteiger charge is 2.34. The Balaban J connectivity index is 1.48. The molecule has 10 heteroatoms. The fourth-order valence-corrected chi connectivity index (χ4v) is 3.85. The fourth-order valence-electron chi connectivity index (χ4n) is 3.28. The lowest BCUT2D eigenvalue weighted by Gasteiger charge is -2.15. The highest BCUT2D eigenvalue weighted by molar-refractivity contribution is 7.92. The first kappa shape index (κ1) is 23.1. The number of nitrogens with zero attached hydrogens (tertiary/aromatic N) is 1. The van der Waals surface area contributed by atoms with Crippen LogP contribution in [0.15, 0.2) is 48.5 Å². The number of ether oxygens (including phenoxy) is 1. The summed E-state index contributed by atoms with van der Waals surface area (Å²) in [6.45, 7) is 1.51. The van der Waals surface area contributed by atoms with E-state index in [9.17, 15) is 27.6 Å². The quantitative estimate of drug-likeness (QED) is 0.347. The molecule has 0 unspecified atom stereocenters. The number of carbonyl (C=O) groups excluding carboxylic acids is 4. The first-order valence-electron chi connectivity index (χ1n) is 9.83. The highest BCUT2D eigenvalue weighted by Crippen LogP contribution is 2.22. The number of fused-ring (bicyclic) bond motifs is 1. The van der Waals surface area contributed by atoms with Gasteiger partial charge in [-0.1, -0.05) is 12.1 Å². The molecule has 168 valence electrons. The predicted molar refractivity (Wildman–Crippen MR) is 116 cm³/mol. The molecule has 0 aromatic heterocycles. The molecule has 0 spiro atoms. The number of esters is 1. The number of benzene rings is 2. The first-order valence-corrected chi connectivity index (χ1v) is 11.7. The number of carbonyl (C=O) groups is 4. The first-order chi connectivity index (χ1) is 15.1. The van der Waals surface area contributed by atoms with E-state index >= 15 is 0 Å². The summed E-state index contributed by atoms with van der Waals surface area (Å²) in [5, 5.41) is 0. The third kappa shape index (κ3) is 5.38. The van der Waals surface area contributed by atoms with Crippen molar-refractivity contribution in [1.29, 1.82) is 0 Å².